The van der Waals surface area contributed by atoms with Gasteiger partial charge in [0, 0.05) is 0 Å². The molecule has 12 rings (SSSR count). The monoisotopic (exact) mass is 656 g/mol. The van der Waals surface area contributed by atoms with E-state index >= 15 is 0 Å². The first kappa shape index (κ1) is 28.2. The lowest BCUT2D eigenvalue weighted by atomic mass is 9.79. The normalized spacial score (nSPS) is 12.7. The van der Waals surface area contributed by atoms with Crippen LogP contribution in [-0.2, 0) is 0 Å². The Kier molecular flexibility index (Phi) is 5.46. The van der Waals surface area contributed by atoms with Crippen molar-refractivity contribution in [1.82, 2.24) is 0 Å². The zero-order chi connectivity index (χ0) is 34.2. The van der Waals surface area contributed by atoms with E-state index in [1.54, 1.807) is 0 Å². The predicted octanol–water partition coefficient (Wildman–Crippen LogP) is 14.6. The minimum absolute atomic E-state index is 1.23. The Bertz CT molecular complexity index is 3150. The maximum absolute atomic E-state index is 2.45. The fraction of sp³-hybridized carbons (Fsp3) is 0.0385. The third-order valence-electron chi connectivity index (χ3n) is 12.2. The number of benzene rings is 10. The summed E-state index contributed by atoms with van der Waals surface area (Å²) in [6, 6.07) is 55.0. The SMILES string of the molecule is Cc1cccc(C)c1-c1c2c(c(-c3ccccc3-c3ccccc3)c3ccccc13)-c1ccc3c4ccc5c6c(ccc(c7ccc-2c1c37)c64)C=C5. The van der Waals surface area contributed by atoms with Crippen LogP contribution in [0.2, 0.25) is 0 Å². The number of hydrogen-bond donors (Lipinski definition) is 0. The van der Waals surface area contributed by atoms with Crippen LogP contribution in [0.25, 0.3) is 122 Å². The van der Waals surface area contributed by atoms with Crippen LogP contribution in [0.1, 0.15) is 22.3 Å². The maximum atomic E-state index is 2.45. The molecule has 0 heteroatoms. The van der Waals surface area contributed by atoms with Crippen molar-refractivity contribution in [3.8, 4) is 55.6 Å². The molecule has 0 spiro atoms. The van der Waals surface area contributed by atoms with Crippen LogP contribution in [0.3, 0.4) is 0 Å². The molecule has 0 heterocycles. The standard InChI is InChI=1S/C52H32/c1-29-11-10-12-30(2)44(29)50-37-18-9-8-17-36(37)48(35-16-7-6-15-34(35)31-13-4-3-5-14-31)51-42-27-25-40-38-23-21-32-19-20-33-22-24-39(46(38)45(32)33)41-26-28-43(52(50)51)49(42)47(40)41/h3-28H,1-2H3. The van der Waals surface area contributed by atoms with Crippen molar-refractivity contribution in [1.29, 1.82) is 0 Å². The van der Waals surface area contributed by atoms with Gasteiger partial charge in [0.2, 0.25) is 0 Å². The summed E-state index contributed by atoms with van der Waals surface area (Å²) in [6.07, 6.45) is 4.55. The Morgan fingerprint density at radius 2 is 0.769 bits per heavy atom. The van der Waals surface area contributed by atoms with Gasteiger partial charge >= 0.3 is 0 Å². The second kappa shape index (κ2) is 10.1. The summed E-state index contributed by atoms with van der Waals surface area (Å²) in [5.41, 5.74) is 18.4. The van der Waals surface area contributed by atoms with E-state index in [0.29, 0.717) is 0 Å². The molecule has 0 N–H and O–H groups in total. The van der Waals surface area contributed by atoms with Crippen LogP contribution in [0.15, 0.2) is 146 Å². The molecule has 0 unspecified atom stereocenters. The average Bonchev–Trinajstić information content (AvgIpc) is 3.77. The summed E-state index contributed by atoms with van der Waals surface area (Å²) in [6.45, 7) is 4.56. The van der Waals surface area contributed by atoms with Crippen LogP contribution in [0.4, 0.5) is 0 Å². The fourth-order valence-corrected chi connectivity index (χ4v) is 10.1. The molecule has 240 valence electrons. The molecule has 0 aliphatic heterocycles. The molecule has 0 bridgehead atoms. The van der Waals surface area contributed by atoms with E-state index in [9.17, 15) is 0 Å². The highest BCUT2D eigenvalue weighted by Gasteiger charge is 2.33. The number of rotatable bonds is 3. The second-order valence-electron chi connectivity index (χ2n) is 14.8. The molecule has 0 amide bonds. The van der Waals surface area contributed by atoms with E-state index in [2.05, 4.69) is 172 Å². The average molecular weight is 657 g/mol. The lowest BCUT2D eigenvalue weighted by Crippen LogP contribution is -1.97. The zero-order valence-electron chi connectivity index (χ0n) is 29.0. The van der Waals surface area contributed by atoms with Gasteiger partial charge < -0.3 is 0 Å². The minimum Gasteiger partial charge on any atom is -0.0622 e. The van der Waals surface area contributed by atoms with Gasteiger partial charge in [0.25, 0.3) is 0 Å². The molecule has 0 radical (unpaired) electrons. The first-order valence-corrected chi connectivity index (χ1v) is 18.4. The van der Waals surface area contributed by atoms with Crippen molar-refractivity contribution in [2.45, 2.75) is 13.8 Å². The van der Waals surface area contributed by atoms with E-state index in [1.165, 1.54) is 132 Å². The van der Waals surface area contributed by atoms with Crippen molar-refractivity contribution in [3.05, 3.63) is 168 Å². The third-order valence-corrected chi connectivity index (χ3v) is 12.2. The lowest BCUT2D eigenvalue weighted by Gasteiger charge is -2.23. The maximum Gasteiger partial charge on any atom is -0.000718 e. The van der Waals surface area contributed by atoms with Crippen LogP contribution in [0, 0.1) is 13.8 Å². The van der Waals surface area contributed by atoms with Crippen LogP contribution >= 0.6 is 0 Å². The Morgan fingerprint density at radius 3 is 1.40 bits per heavy atom. The highest BCUT2D eigenvalue weighted by atomic mass is 14.4. The molecule has 0 saturated heterocycles. The summed E-state index contributed by atoms with van der Waals surface area (Å²) in [5.74, 6) is 0. The van der Waals surface area contributed by atoms with Crippen LogP contribution < -0.4 is 0 Å². The van der Waals surface area contributed by atoms with Gasteiger partial charge in [-0.2, -0.15) is 0 Å². The summed E-state index contributed by atoms with van der Waals surface area (Å²) < 4.78 is 0. The van der Waals surface area contributed by atoms with Crippen molar-refractivity contribution < 1.29 is 0 Å². The molecular formula is C52H32. The zero-order valence-corrected chi connectivity index (χ0v) is 29.0. The second-order valence-corrected chi connectivity index (χ2v) is 14.8. The molecule has 0 atom stereocenters. The van der Waals surface area contributed by atoms with E-state index in [1.807, 2.05) is 0 Å². The topological polar surface area (TPSA) is 0 Å². The minimum atomic E-state index is 1.23. The predicted molar refractivity (Wildman–Crippen MR) is 224 cm³/mol. The Labute approximate surface area is 302 Å². The first-order chi connectivity index (χ1) is 25.7. The Hall–Kier alpha value is -6.50. The first-order valence-electron chi connectivity index (χ1n) is 18.4. The fourth-order valence-electron chi connectivity index (χ4n) is 10.1. The largest absolute Gasteiger partial charge is 0.0622 e. The Morgan fingerprint density at radius 1 is 0.269 bits per heavy atom. The van der Waals surface area contributed by atoms with Crippen LogP contribution in [0.5, 0.6) is 0 Å². The van der Waals surface area contributed by atoms with E-state index in [4.69, 9.17) is 0 Å². The van der Waals surface area contributed by atoms with Gasteiger partial charge in [-0.1, -0.05) is 158 Å². The lowest BCUT2D eigenvalue weighted by molar-refractivity contribution is 1.39. The smallest absolute Gasteiger partial charge is 0.000718 e. The number of hydrogen-bond acceptors (Lipinski definition) is 0. The van der Waals surface area contributed by atoms with Gasteiger partial charge in [-0.15, -0.1) is 0 Å². The summed E-state index contributed by atoms with van der Waals surface area (Å²) >= 11 is 0. The summed E-state index contributed by atoms with van der Waals surface area (Å²) in [5, 5.41) is 13.5. The molecular weight excluding hydrogens is 625 g/mol. The van der Waals surface area contributed by atoms with Gasteiger partial charge in [0.05, 0.1) is 0 Å². The van der Waals surface area contributed by atoms with Crippen molar-refractivity contribution >= 4 is 66.0 Å². The van der Waals surface area contributed by atoms with E-state index in [-0.39, 0.29) is 0 Å². The van der Waals surface area contributed by atoms with Gasteiger partial charge in [-0.3, -0.25) is 0 Å². The molecule has 0 saturated carbocycles. The van der Waals surface area contributed by atoms with Gasteiger partial charge in [0.1, 0.15) is 0 Å². The van der Waals surface area contributed by atoms with Gasteiger partial charge in [-0.25, -0.2) is 0 Å². The quantitative estimate of drug-likeness (QED) is 0.131. The summed E-state index contributed by atoms with van der Waals surface area (Å²) in [4.78, 5) is 0. The molecule has 2 aliphatic rings. The van der Waals surface area contributed by atoms with Crippen molar-refractivity contribution in [3.63, 3.8) is 0 Å². The highest BCUT2D eigenvalue weighted by Crippen LogP contribution is 2.61. The summed E-state index contributed by atoms with van der Waals surface area (Å²) in [7, 11) is 0. The number of aryl methyl sites for hydroxylation is 2. The molecule has 0 fully saturated rings. The van der Waals surface area contributed by atoms with Gasteiger partial charge in [-0.05, 0) is 146 Å². The Balaban J connectivity index is 1.31. The molecule has 52 heavy (non-hydrogen) atoms. The molecule has 0 aromatic heterocycles. The highest BCUT2D eigenvalue weighted by molar-refractivity contribution is 6.40. The van der Waals surface area contributed by atoms with E-state index in [0.717, 1.165) is 0 Å². The van der Waals surface area contributed by atoms with E-state index < -0.39 is 0 Å². The van der Waals surface area contributed by atoms with Crippen molar-refractivity contribution in [2.75, 3.05) is 0 Å². The van der Waals surface area contributed by atoms with Gasteiger partial charge in [0.15, 0.2) is 0 Å². The van der Waals surface area contributed by atoms with Crippen molar-refractivity contribution in [2.24, 2.45) is 0 Å². The molecule has 10 aromatic rings. The van der Waals surface area contributed by atoms with Crippen LogP contribution in [-0.4, -0.2) is 0 Å². The number of fused-ring (bicyclic) bond motifs is 6. The molecule has 2 aliphatic carbocycles. The third kappa shape index (κ3) is 3.47. The molecule has 10 aromatic carbocycles. The molecule has 0 nitrogen and oxygen atoms in total.